The molecule has 1 atom stereocenters. The molecule has 0 saturated heterocycles. The number of carbonyl (C=O) groups excluding carboxylic acids is 2. The molecule has 0 aromatic heterocycles. The van der Waals surface area contributed by atoms with Gasteiger partial charge in [-0.1, -0.05) is 30.5 Å². The van der Waals surface area contributed by atoms with Crippen LogP contribution in [-0.2, 0) is 9.59 Å². The summed E-state index contributed by atoms with van der Waals surface area (Å²) in [7, 11) is 0. The molecule has 3 N–H and O–H groups in total. The monoisotopic (exact) mass is 369 g/mol. The molecule has 0 aliphatic heterocycles. The number of carboxylic acid groups (broad SMARTS) is 1. The van der Waals surface area contributed by atoms with Crippen molar-refractivity contribution in [1.82, 2.24) is 10.6 Å². The molecule has 1 saturated carbocycles. The molecule has 0 spiro atoms. The number of amides is 2. The summed E-state index contributed by atoms with van der Waals surface area (Å²) in [5, 5.41) is 24.5. The Balaban J connectivity index is 1.96. The highest BCUT2D eigenvalue weighted by Gasteiger charge is 2.30. The van der Waals surface area contributed by atoms with Crippen LogP contribution in [0.2, 0.25) is 5.02 Å². The first-order valence-electron chi connectivity index (χ1n) is 7.53. The van der Waals surface area contributed by atoms with Crippen LogP contribution in [0.4, 0.5) is 5.69 Å². The Morgan fingerprint density at radius 3 is 2.60 bits per heavy atom. The third-order valence-electron chi connectivity index (χ3n) is 3.72. The Labute approximate surface area is 147 Å². The molecule has 2 rings (SSSR count). The average molecular weight is 370 g/mol. The predicted molar refractivity (Wildman–Crippen MR) is 87.3 cm³/mol. The van der Waals surface area contributed by atoms with E-state index in [4.69, 9.17) is 16.7 Å². The number of nitro groups is 1. The van der Waals surface area contributed by atoms with Gasteiger partial charge >= 0.3 is 5.97 Å². The first-order chi connectivity index (χ1) is 11.8. The van der Waals surface area contributed by atoms with Crippen molar-refractivity contribution >= 4 is 35.1 Å². The van der Waals surface area contributed by atoms with Crippen molar-refractivity contribution in [3.63, 3.8) is 0 Å². The van der Waals surface area contributed by atoms with E-state index < -0.39 is 41.0 Å². The van der Waals surface area contributed by atoms with Crippen LogP contribution in [0.25, 0.3) is 0 Å². The van der Waals surface area contributed by atoms with Crippen LogP contribution in [-0.4, -0.2) is 40.4 Å². The van der Waals surface area contributed by atoms with Gasteiger partial charge in [-0.15, -0.1) is 0 Å². The number of carboxylic acids is 1. The third kappa shape index (κ3) is 5.15. The summed E-state index contributed by atoms with van der Waals surface area (Å²) < 4.78 is 0. The van der Waals surface area contributed by atoms with E-state index >= 15 is 0 Å². The molecule has 9 nitrogen and oxygen atoms in total. The predicted octanol–water partition coefficient (Wildman–Crippen LogP) is 1.35. The van der Waals surface area contributed by atoms with E-state index in [1.165, 1.54) is 12.1 Å². The Morgan fingerprint density at radius 2 is 2.04 bits per heavy atom. The Bertz CT molecular complexity index is 719. The van der Waals surface area contributed by atoms with E-state index in [0.29, 0.717) is 12.3 Å². The van der Waals surface area contributed by atoms with Gasteiger partial charge in [-0.05, 0) is 18.4 Å². The lowest BCUT2D eigenvalue weighted by Gasteiger charge is -2.14. The van der Waals surface area contributed by atoms with Crippen molar-refractivity contribution in [3.8, 4) is 0 Å². The smallest absolute Gasteiger partial charge is 0.326 e. The second-order valence-electron chi connectivity index (χ2n) is 5.71. The van der Waals surface area contributed by atoms with Crippen LogP contribution in [0.15, 0.2) is 18.2 Å². The summed E-state index contributed by atoms with van der Waals surface area (Å²) in [5.74, 6) is -2.44. The number of nitrogens with zero attached hydrogens (tertiary/aromatic N) is 1. The van der Waals surface area contributed by atoms with Crippen molar-refractivity contribution in [2.45, 2.75) is 25.3 Å². The summed E-state index contributed by atoms with van der Waals surface area (Å²) >= 11 is 5.83. The number of hydrogen-bond donors (Lipinski definition) is 3. The van der Waals surface area contributed by atoms with Gasteiger partial charge in [0, 0.05) is 6.07 Å². The normalized spacial score (nSPS) is 14.4. The molecule has 1 aromatic carbocycles. The highest BCUT2D eigenvalue weighted by molar-refractivity contribution is 6.34. The fraction of sp³-hybridized carbons (Fsp3) is 0.400. The second-order valence-corrected chi connectivity index (χ2v) is 6.12. The molecule has 134 valence electrons. The van der Waals surface area contributed by atoms with Crippen molar-refractivity contribution in [3.05, 3.63) is 38.9 Å². The molecule has 10 heteroatoms. The number of aliphatic carboxylic acids is 1. The summed E-state index contributed by atoms with van der Waals surface area (Å²) in [6.45, 7) is -0.518. The molecule has 0 bridgehead atoms. The standard InChI is InChI=1S/C15H16ClN3O6/c16-9-2-1-3-11(19(24)25)13(9)14(21)17-7-12(20)18-10(15(22)23)6-8-4-5-8/h1-3,8,10H,4-7H2,(H,17,21)(H,18,20)(H,22,23). The van der Waals surface area contributed by atoms with E-state index in [-0.39, 0.29) is 10.6 Å². The molecule has 1 aliphatic carbocycles. The van der Waals surface area contributed by atoms with Gasteiger partial charge in [0.15, 0.2) is 0 Å². The second kappa shape index (κ2) is 7.93. The van der Waals surface area contributed by atoms with Gasteiger partial charge in [0.2, 0.25) is 5.91 Å². The van der Waals surface area contributed by atoms with Crippen molar-refractivity contribution in [1.29, 1.82) is 0 Å². The van der Waals surface area contributed by atoms with Crippen LogP contribution in [0.1, 0.15) is 29.6 Å². The Morgan fingerprint density at radius 1 is 1.36 bits per heavy atom. The number of carbonyl (C=O) groups is 3. The maximum Gasteiger partial charge on any atom is 0.326 e. The maximum atomic E-state index is 12.1. The number of hydrogen-bond acceptors (Lipinski definition) is 5. The molecule has 0 heterocycles. The van der Waals surface area contributed by atoms with Crippen LogP contribution >= 0.6 is 11.6 Å². The van der Waals surface area contributed by atoms with Crippen molar-refractivity contribution in [2.75, 3.05) is 6.54 Å². The van der Waals surface area contributed by atoms with Crippen LogP contribution in [0.5, 0.6) is 0 Å². The molecular formula is C15H16ClN3O6. The summed E-state index contributed by atoms with van der Waals surface area (Å²) in [5.41, 5.74) is -0.836. The van der Waals surface area contributed by atoms with E-state index in [9.17, 15) is 24.5 Å². The lowest BCUT2D eigenvalue weighted by atomic mass is 10.1. The van der Waals surface area contributed by atoms with Gasteiger partial charge in [-0.2, -0.15) is 0 Å². The van der Waals surface area contributed by atoms with Gasteiger partial charge in [0.1, 0.15) is 11.6 Å². The minimum absolute atomic E-state index is 0.121. The third-order valence-corrected chi connectivity index (χ3v) is 4.04. The molecular weight excluding hydrogens is 354 g/mol. The number of nitrogens with one attached hydrogen (secondary N) is 2. The summed E-state index contributed by atoms with van der Waals surface area (Å²) in [6, 6.07) is 2.75. The van der Waals surface area contributed by atoms with E-state index in [2.05, 4.69) is 10.6 Å². The number of nitro benzene ring substituents is 1. The first-order valence-corrected chi connectivity index (χ1v) is 7.90. The largest absolute Gasteiger partial charge is 0.480 e. The molecule has 1 aromatic rings. The maximum absolute atomic E-state index is 12.1. The summed E-state index contributed by atoms with van der Waals surface area (Å²) in [4.78, 5) is 45.3. The van der Waals surface area contributed by atoms with Crippen molar-refractivity contribution < 1.29 is 24.4 Å². The zero-order valence-electron chi connectivity index (χ0n) is 13.0. The van der Waals surface area contributed by atoms with Gasteiger partial charge < -0.3 is 15.7 Å². The minimum Gasteiger partial charge on any atom is -0.480 e. The van der Waals surface area contributed by atoms with Crippen LogP contribution in [0, 0.1) is 16.0 Å². The fourth-order valence-corrected chi connectivity index (χ4v) is 2.55. The fourth-order valence-electron chi connectivity index (χ4n) is 2.29. The highest BCUT2D eigenvalue weighted by atomic mass is 35.5. The number of rotatable bonds is 8. The molecule has 25 heavy (non-hydrogen) atoms. The molecule has 1 aliphatic rings. The van der Waals surface area contributed by atoms with E-state index in [0.717, 1.165) is 18.9 Å². The topological polar surface area (TPSA) is 139 Å². The van der Waals surface area contributed by atoms with Gasteiger partial charge in [-0.3, -0.25) is 19.7 Å². The minimum atomic E-state index is -1.15. The zero-order chi connectivity index (χ0) is 18.6. The quantitative estimate of drug-likeness (QED) is 0.467. The van der Waals surface area contributed by atoms with Gasteiger partial charge in [0.05, 0.1) is 16.5 Å². The average Bonchev–Trinajstić information content (AvgIpc) is 3.35. The van der Waals surface area contributed by atoms with Crippen LogP contribution < -0.4 is 10.6 Å². The molecule has 1 unspecified atom stereocenters. The number of halogens is 1. The Kier molecular flexibility index (Phi) is 5.92. The van der Waals surface area contributed by atoms with Crippen molar-refractivity contribution in [2.24, 2.45) is 5.92 Å². The zero-order valence-corrected chi connectivity index (χ0v) is 13.8. The summed E-state index contributed by atoms with van der Waals surface area (Å²) in [6.07, 6.45) is 2.21. The molecule has 0 radical (unpaired) electrons. The number of benzene rings is 1. The van der Waals surface area contributed by atoms with Crippen LogP contribution in [0.3, 0.4) is 0 Å². The molecule has 1 fully saturated rings. The van der Waals surface area contributed by atoms with Gasteiger partial charge in [0.25, 0.3) is 11.6 Å². The van der Waals surface area contributed by atoms with E-state index in [1.807, 2.05) is 0 Å². The molecule has 2 amide bonds. The van der Waals surface area contributed by atoms with Gasteiger partial charge in [-0.25, -0.2) is 4.79 Å². The Hall–Kier alpha value is -2.68. The first kappa shape index (κ1) is 18.7. The SMILES string of the molecule is O=C(CNC(=O)c1c(Cl)cccc1[N+](=O)[O-])NC(CC1CC1)C(=O)O. The lowest BCUT2D eigenvalue weighted by Crippen LogP contribution is -2.45. The van der Waals surface area contributed by atoms with E-state index in [1.54, 1.807) is 0 Å². The highest BCUT2D eigenvalue weighted by Crippen LogP contribution is 2.33. The lowest BCUT2D eigenvalue weighted by molar-refractivity contribution is -0.385.